The molecular weight excluding hydrogens is 261 g/mol. The largest absolute Gasteiger partial charge is 0.388 e. The predicted octanol–water partition coefficient (Wildman–Crippen LogP) is 3.18. The summed E-state index contributed by atoms with van der Waals surface area (Å²) in [5, 5.41) is 3.08. The maximum Gasteiger partial charge on any atom is 0.0337 e. The molecule has 0 saturated heterocycles. The Morgan fingerprint density at radius 1 is 1.42 bits per heavy atom. The number of allylic oxidation sites excluding steroid dienone is 1. The average Bonchev–Trinajstić information content (AvgIpc) is 2.17. The van der Waals surface area contributed by atoms with E-state index in [2.05, 4.69) is 58.8 Å². The first-order valence-corrected chi connectivity index (χ1v) is 5.32. The van der Waals surface area contributed by atoms with Crippen LogP contribution in [0.5, 0.6) is 0 Å². The molecule has 0 saturated carbocycles. The van der Waals surface area contributed by atoms with Gasteiger partial charge in [-0.1, -0.05) is 41.3 Å². The fourth-order valence-corrected chi connectivity index (χ4v) is 1.39. The van der Waals surface area contributed by atoms with Gasteiger partial charge < -0.3 is 5.32 Å². The third kappa shape index (κ3) is 2.24. The summed E-state index contributed by atoms with van der Waals surface area (Å²) in [6.45, 7) is 3.97. The molecule has 0 spiro atoms. The zero-order valence-corrected chi connectivity index (χ0v) is 9.26. The molecule has 0 amide bonds. The summed E-state index contributed by atoms with van der Waals surface area (Å²) >= 11 is 2.32. The maximum absolute atomic E-state index is 3.97. The third-order valence-electron chi connectivity index (χ3n) is 1.74. The highest BCUT2D eigenvalue weighted by molar-refractivity contribution is 14.1. The lowest BCUT2D eigenvalue weighted by Gasteiger charge is -2.03. The van der Waals surface area contributed by atoms with E-state index >= 15 is 0 Å². The molecule has 1 aromatic rings. The summed E-state index contributed by atoms with van der Waals surface area (Å²) in [6, 6.07) is 8.30. The zero-order chi connectivity index (χ0) is 8.97. The van der Waals surface area contributed by atoms with Crippen LogP contribution in [0.1, 0.15) is 5.56 Å². The van der Waals surface area contributed by atoms with Crippen molar-refractivity contribution in [1.29, 1.82) is 0 Å². The van der Waals surface area contributed by atoms with Gasteiger partial charge >= 0.3 is 0 Å². The molecule has 0 unspecified atom stereocenters. The van der Waals surface area contributed by atoms with Gasteiger partial charge in [-0.25, -0.2) is 0 Å². The highest BCUT2D eigenvalue weighted by Crippen LogP contribution is 2.17. The fraction of sp³-hybridized carbons (Fsp3) is 0.200. The van der Waals surface area contributed by atoms with Gasteiger partial charge in [0.25, 0.3) is 0 Å². The van der Waals surface area contributed by atoms with E-state index in [-0.39, 0.29) is 0 Å². The number of benzene rings is 1. The molecule has 0 aliphatic carbocycles. The van der Waals surface area contributed by atoms with E-state index in [1.807, 2.05) is 7.05 Å². The van der Waals surface area contributed by atoms with Gasteiger partial charge in [0.15, 0.2) is 0 Å². The Morgan fingerprint density at radius 2 is 2.00 bits per heavy atom. The van der Waals surface area contributed by atoms with Crippen molar-refractivity contribution >= 4 is 33.9 Å². The predicted molar refractivity (Wildman–Crippen MR) is 63.9 cm³/mol. The summed E-state index contributed by atoms with van der Waals surface area (Å²) in [6.07, 6.45) is 0. The lowest BCUT2D eigenvalue weighted by Crippen LogP contribution is -1.88. The molecule has 0 radical (unpaired) electrons. The Kier molecular flexibility index (Phi) is 3.59. The molecule has 1 aromatic carbocycles. The first-order valence-electron chi connectivity index (χ1n) is 3.80. The molecular formula is C10H12IN. The first-order chi connectivity index (χ1) is 5.77. The van der Waals surface area contributed by atoms with Crippen molar-refractivity contribution in [2.45, 2.75) is 0 Å². The van der Waals surface area contributed by atoms with Crippen LogP contribution in [0.15, 0.2) is 30.8 Å². The molecule has 0 atom stereocenters. The molecule has 2 heteroatoms. The van der Waals surface area contributed by atoms with Gasteiger partial charge in [0.1, 0.15) is 0 Å². The monoisotopic (exact) mass is 273 g/mol. The number of hydrogen-bond donors (Lipinski definition) is 1. The van der Waals surface area contributed by atoms with Crippen molar-refractivity contribution in [3.05, 3.63) is 36.4 Å². The van der Waals surface area contributed by atoms with Gasteiger partial charge in [-0.2, -0.15) is 0 Å². The molecule has 1 rings (SSSR count). The van der Waals surface area contributed by atoms with E-state index in [1.54, 1.807) is 0 Å². The molecule has 0 aliphatic heterocycles. The quantitative estimate of drug-likeness (QED) is 0.658. The smallest absolute Gasteiger partial charge is 0.0337 e. The number of nitrogens with one attached hydrogen (secondary N) is 1. The Balaban J connectivity index is 2.84. The average molecular weight is 273 g/mol. The van der Waals surface area contributed by atoms with Crippen molar-refractivity contribution in [3.8, 4) is 0 Å². The highest BCUT2D eigenvalue weighted by atomic mass is 127. The van der Waals surface area contributed by atoms with Crippen LogP contribution in [0, 0.1) is 0 Å². The molecule has 0 fully saturated rings. The second-order valence-electron chi connectivity index (χ2n) is 2.56. The Bertz CT molecular complexity index is 264. The van der Waals surface area contributed by atoms with Crippen molar-refractivity contribution in [2.75, 3.05) is 16.8 Å². The topological polar surface area (TPSA) is 12.0 Å². The molecule has 1 N–H and O–H groups in total. The maximum atomic E-state index is 3.97. The number of alkyl halides is 1. The summed E-state index contributed by atoms with van der Waals surface area (Å²) < 4.78 is 0.983. The van der Waals surface area contributed by atoms with Crippen LogP contribution >= 0.6 is 22.6 Å². The van der Waals surface area contributed by atoms with Gasteiger partial charge in [-0.05, 0) is 23.3 Å². The van der Waals surface area contributed by atoms with Crippen molar-refractivity contribution in [2.24, 2.45) is 0 Å². The van der Waals surface area contributed by atoms with E-state index < -0.39 is 0 Å². The Labute approximate surface area is 87.0 Å². The zero-order valence-electron chi connectivity index (χ0n) is 7.10. The van der Waals surface area contributed by atoms with Crippen LogP contribution < -0.4 is 5.32 Å². The van der Waals surface area contributed by atoms with Crippen LogP contribution in [0.2, 0.25) is 0 Å². The summed E-state index contributed by atoms with van der Waals surface area (Å²) in [5.74, 6) is 0. The minimum Gasteiger partial charge on any atom is -0.388 e. The van der Waals surface area contributed by atoms with E-state index in [4.69, 9.17) is 0 Å². The third-order valence-corrected chi connectivity index (χ3v) is 2.66. The number of anilines is 1. The van der Waals surface area contributed by atoms with Gasteiger partial charge in [0, 0.05) is 17.2 Å². The molecule has 0 aromatic heterocycles. The number of hydrogen-bond acceptors (Lipinski definition) is 1. The number of rotatable bonds is 3. The van der Waals surface area contributed by atoms with Gasteiger partial charge in [-0.15, -0.1) is 0 Å². The minimum absolute atomic E-state index is 0.983. The standard InChI is InChI=1S/C10H12IN/c1-8(7-11)9-3-5-10(12-2)6-4-9/h3-6,12H,1,7H2,2H3. The van der Waals surface area contributed by atoms with Crippen LogP contribution in [0.4, 0.5) is 5.69 Å². The lowest BCUT2D eigenvalue weighted by atomic mass is 10.1. The van der Waals surface area contributed by atoms with E-state index in [1.165, 1.54) is 11.1 Å². The van der Waals surface area contributed by atoms with Gasteiger partial charge in [0.05, 0.1) is 0 Å². The first kappa shape index (κ1) is 9.58. The Hall–Kier alpha value is -0.510. The molecule has 0 heterocycles. The fourth-order valence-electron chi connectivity index (χ4n) is 0.950. The highest BCUT2D eigenvalue weighted by Gasteiger charge is 1.95. The number of halogens is 1. The SMILES string of the molecule is C=C(CI)c1ccc(NC)cc1. The molecule has 0 bridgehead atoms. The molecule has 12 heavy (non-hydrogen) atoms. The van der Waals surface area contributed by atoms with Crippen molar-refractivity contribution < 1.29 is 0 Å². The Morgan fingerprint density at radius 3 is 2.42 bits per heavy atom. The van der Waals surface area contributed by atoms with Crippen LogP contribution in [0.25, 0.3) is 5.57 Å². The lowest BCUT2D eigenvalue weighted by molar-refractivity contribution is 1.49. The van der Waals surface area contributed by atoms with Gasteiger partial charge in [0.2, 0.25) is 0 Å². The minimum atomic E-state index is 0.983. The van der Waals surface area contributed by atoms with E-state index in [0.717, 1.165) is 10.1 Å². The molecule has 1 nitrogen and oxygen atoms in total. The second-order valence-corrected chi connectivity index (χ2v) is 3.33. The molecule has 0 aliphatic rings. The van der Waals surface area contributed by atoms with Crippen molar-refractivity contribution in [1.82, 2.24) is 0 Å². The van der Waals surface area contributed by atoms with E-state index in [9.17, 15) is 0 Å². The van der Waals surface area contributed by atoms with Crippen LogP contribution in [-0.2, 0) is 0 Å². The van der Waals surface area contributed by atoms with Crippen molar-refractivity contribution in [3.63, 3.8) is 0 Å². The second kappa shape index (κ2) is 4.50. The van der Waals surface area contributed by atoms with Gasteiger partial charge in [-0.3, -0.25) is 0 Å². The summed E-state index contributed by atoms with van der Waals surface area (Å²) in [4.78, 5) is 0. The van der Waals surface area contributed by atoms with Crippen LogP contribution in [-0.4, -0.2) is 11.5 Å². The normalized spacial score (nSPS) is 9.50. The summed E-state index contributed by atoms with van der Waals surface area (Å²) in [5.41, 5.74) is 3.54. The molecule has 64 valence electrons. The van der Waals surface area contributed by atoms with E-state index in [0.29, 0.717) is 0 Å². The van der Waals surface area contributed by atoms with Crippen LogP contribution in [0.3, 0.4) is 0 Å². The summed E-state index contributed by atoms with van der Waals surface area (Å²) in [7, 11) is 1.92.